The molecule has 1 aliphatic heterocycles. The number of rotatable bonds is 4. The number of likely N-dealkylation sites (tertiary alicyclic amines) is 1. The lowest BCUT2D eigenvalue weighted by molar-refractivity contribution is -0.143. The summed E-state index contributed by atoms with van der Waals surface area (Å²) in [4.78, 5) is 27.0. The van der Waals surface area contributed by atoms with Gasteiger partial charge in [-0.15, -0.1) is 0 Å². The molecule has 2 atom stereocenters. The highest BCUT2D eigenvalue weighted by atomic mass is 32.2. The SMILES string of the molecule is CN1CC[C@@](O)(c2cccc(-c3cccc(-c4ccnc([S+](C)[O-])n4)n3)c2)C1=O. The number of aromatic nitrogens is 3. The minimum Gasteiger partial charge on any atom is -0.609 e. The van der Waals surface area contributed by atoms with Crippen molar-refractivity contribution < 1.29 is 14.5 Å². The number of likely N-dealkylation sites (N-methyl/N-ethyl adjacent to an activating group) is 1. The van der Waals surface area contributed by atoms with Crippen molar-refractivity contribution in [2.45, 2.75) is 17.2 Å². The molecule has 0 radical (unpaired) electrons. The smallest absolute Gasteiger partial charge is 0.343 e. The number of hydrogen-bond donors (Lipinski definition) is 1. The Bertz CT molecular complexity index is 1080. The standard InChI is InChI=1S/C21H20N4O3S/c1-25-12-10-21(27,19(25)26)15-6-3-5-14(13-15)16-7-4-8-17(23-16)18-9-11-22-20(24-18)29(2)28/h3-9,11,13,27H,10,12H2,1-2H3/t21-,29?/m1/s1. The van der Waals surface area contributed by atoms with Gasteiger partial charge in [0.05, 0.1) is 17.1 Å². The van der Waals surface area contributed by atoms with Crippen molar-refractivity contribution in [2.75, 3.05) is 19.8 Å². The van der Waals surface area contributed by atoms with Crippen molar-refractivity contribution >= 4 is 17.1 Å². The van der Waals surface area contributed by atoms with Crippen molar-refractivity contribution in [3.8, 4) is 22.6 Å². The number of benzene rings is 1. The quantitative estimate of drug-likeness (QED) is 0.523. The Balaban J connectivity index is 1.71. The van der Waals surface area contributed by atoms with Crippen molar-refractivity contribution in [3.63, 3.8) is 0 Å². The first kappa shape index (κ1) is 19.5. The summed E-state index contributed by atoms with van der Waals surface area (Å²) in [6.07, 6.45) is 3.45. The Morgan fingerprint density at radius 1 is 1.10 bits per heavy atom. The van der Waals surface area contributed by atoms with Crippen LogP contribution in [0.2, 0.25) is 0 Å². The second kappa shape index (κ2) is 7.55. The van der Waals surface area contributed by atoms with E-state index >= 15 is 0 Å². The Labute approximate surface area is 171 Å². The molecule has 1 fully saturated rings. The number of hydrogen-bond acceptors (Lipinski definition) is 6. The average Bonchev–Trinajstić information content (AvgIpc) is 3.02. The molecule has 4 rings (SSSR count). The number of carbonyl (C=O) groups excluding carboxylic acids is 1. The molecule has 0 spiro atoms. The van der Waals surface area contributed by atoms with Crippen LogP contribution < -0.4 is 0 Å². The Kier molecular flexibility index (Phi) is 5.08. The van der Waals surface area contributed by atoms with Crippen molar-refractivity contribution in [2.24, 2.45) is 0 Å². The lowest BCUT2D eigenvalue weighted by Gasteiger charge is -2.21. The highest BCUT2D eigenvalue weighted by Gasteiger charge is 2.45. The van der Waals surface area contributed by atoms with Crippen LogP contribution in [-0.4, -0.2) is 55.3 Å². The maximum absolute atomic E-state index is 12.4. The summed E-state index contributed by atoms with van der Waals surface area (Å²) < 4.78 is 11.7. The van der Waals surface area contributed by atoms with Crippen LogP contribution in [-0.2, 0) is 21.6 Å². The van der Waals surface area contributed by atoms with Crippen LogP contribution in [0.5, 0.6) is 0 Å². The molecular formula is C21H20N4O3S. The lowest BCUT2D eigenvalue weighted by atomic mass is 9.90. The first-order chi connectivity index (χ1) is 13.9. The van der Waals surface area contributed by atoms with E-state index in [1.807, 2.05) is 30.3 Å². The zero-order valence-electron chi connectivity index (χ0n) is 16.1. The summed E-state index contributed by atoms with van der Waals surface area (Å²) in [6.45, 7) is 0.516. The molecule has 1 aromatic carbocycles. The van der Waals surface area contributed by atoms with E-state index in [4.69, 9.17) is 0 Å². The van der Waals surface area contributed by atoms with E-state index in [1.165, 1.54) is 11.2 Å². The second-order valence-corrected chi connectivity index (χ2v) is 8.28. The van der Waals surface area contributed by atoms with E-state index in [9.17, 15) is 14.5 Å². The lowest BCUT2D eigenvalue weighted by Crippen LogP contribution is -2.36. The van der Waals surface area contributed by atoms with Gasteiger partial charge in [-0.1, -0.05) is 24.3 Å². The third kappa shape index (κ3) is 3.62. The van der Waals surface area contributed by atoms with E-state index in [2.05, 4.69) is 15.0 Å². The molecule has 29 heavy (non-hydrogen) atoms. The van der Waals surface area contributed by atoms with Crippen LogP contribution in [0, 0.1) is 0 Å². The van der Waals surface area contributed by atoms with Gasteiger partial charge >= 0.3 is 5.16 Å². The van der Waals surface area contributed by atoms with E-state index in [0.29, 0.717) is 35.6 Å². The normalized spacial score (nSPS) is 20.1. The van der Waals surface area contributed by atoms with Crippen LogP contribution in [0.15, 0.2) is 59.9 Å². The van der Waals surface area contributed by atoms with Crippen molar-refractivity contribution in [3.05, 3.63) is 60.3 Å². The van der Waals surface area contributed by atoms with E-state index in [0.717, 1.165) is 5.56 Å². The van der Waals surface area contributed by atoms with Crippen LogP contribution in [0.25, 0.3) is 22.6 Å². The highest BCUT2D eigenvalue weighted by molar-refractivity contribution is 7.90. The van der Waals surface area contributed by atoms with Crippen molar-refractivity contribution in [1.82, 2.24) is 19.9 Å². The van der Waals surface area contributed by atoms with Crippen LogP contribution in [0.3, 0.4) is 0 Å². The summed E-state index contributed by atoms with van der Waals surface area (Å²) in [5.74, 6) is -0.294. The predicted molar refractivity (Wildman–Crippen MR) is 109 cm³/mol. The molecule has 1 N–H and O–H groups in total. The monoisotopic (exact) mass is 408 g/mol. The summed E-state index contributed by atoms with van der Waals surface area (Å²) in [5.41, 5.74) is 1.72. The van der Waals surface area contributed by atoms with Crippen LogP contribution in [0.4, 0.5) is 0 Å². The van der Waals surface area contributed by atoms with Crippen molar-refractivity contribution in [1.29, 1.82) is 0 Å². The first-order valence-corrected chi connectivity index (χ1v) is 10.7. The molecule has 3 heterocycles. The Morgan fingerprint density at radius 2 is 1.83 bits per heavy atom. The Hall–Kier alpha value is -2.81. The molecule has 0 aliphatic carbocycles. The second-order valence-electron chi connectivity index (χ2n) is 7.00. The molecule has 1 aliphatic rings. The summed E-state index contributed by atoms with van der Waals surface area (Å²) >= 11 is -1.28. The van der Waals surface area contributed by atoms with Gasteiger partial charge < -0.3 is 14.6 Å². The molecule has 1 unspecified atom stereocenters. The molecule has 0 bridgehead atoms. The van der Waals surface area contributed by atoms with Crippen LogP contribution in [0.1, 0.15) is 12.0 Å². The zero-order valence-corrected chi connectivity index (χ0v) is 16.9. The van der Waals surface area contributed by atoms with Gasteiger partial charge in [-0.3, -0.25) is 4.79 Å². The maximum atomic E-state index is 12.4. The fraction of sp³-hybridized carbons (Fsp3) is 0.238. The average molecular weight is 408 g/mol. The molecule has 1 amide bonds. The van der Waals surface area contributed by atoms with Gasteiger partial charge in [0, 0.05) is 42.9 Å². The molecule has 8 heteroatoms. The number of carbonyl (C=O) groups is 1. The van der Waals surface area contributed by atoms with E-state index in [1.54, 1.807) is 31.4 Å². The Morgan fingerprint density at radius 3 is 2.55 bits per heavy atom. The highest BCUT2D eigenvalue weighted by Crippen LogP contribution is 2.34. The third-order valence-electron chi connectivity index (χ3n) is 5.05. The minimum absolute atomic E-state index is 0.253. The molecule has 2 aromatic heterocycles. The number of pyridine rings is 1. The number of nitrogens with zero attached hydrogens (tertiary/aromatic N) is 4. The minimum atomic E-state index is -1.50. The van der Waals surface area contributed by atoms with Gasteiger partial charge in [-0.05, 0) is 29.8 Å². The van der Waals surface area contributed by atoms with E-state index in [-0.39, 0.29) is 11.1 Å². The summed E-state index contributed by atoms with van der Waals surface area (Å²) in [5, 5.41) is 11.2. The van der Waals surface area contributed by atoms with Gasteiger partial charge in [-0.25, -0.2) is 4.98 Å². The van der Waals surface area contributed by atoms with Gasteiger partial charge in [0.15, 0.2) is 5.60 Å². The fourth-order valence-electron chi connectivity index (χ4n) is 3.42. The largest absolute Gasteiger partial charge is 0.609 e. The number of amides is 1. The van der Waals surface area contributed by atoms with Crippen LogP contribution >= 0.6 is 0 Å². The molecule has 148 valence electrons. The van der Waals surface area contributed by atoms with E-state index < -0.39 is 16.8 Å². The summed E-state index contributed by atoms with van der Waals surface area (Å²) in [6, 6.07) is 14.5. The maximum Gasteiger partial charge on any atom is 0.343 e. The topological polar surface area (TPSA) is 102 Å². The molecule has 1 saturated heterocycles. The zero-order chi connectivity index (χ0) is 20.6. The van der Waals surface area contributed by atoms with Gasteiger partial charge in [0.1, 0.15) is 6.26 Å². The predicted octanol–water partition coefficient (Wildman–Crippen LogP) is 1.99. The molecular weight excluding hydrogens is 388 g/mol. The van der Waals surface area contributed by atoms with Gasteiger partial charge in [0.2, 0.25) is 0 Å². The van der Waals surface area contributed by atoms with Gasteiger partial charge in [-0.2, -0.15) is 9.97 Å². The number of aliphatic hydroxyl groups is 1. The van der Waals surface area contributed by atoms with Gasteiger partial charge in [0.25, 0.3) is 5.91 Å². The summed E-state index contributed by atoms with van der Waals surface area (Å²) in [7, 11) is 1.69. The molecule has 3 aromatic rings. The first-order valence-electron chi connectivity index (χ1n) is 9.11. The molecule has 0 saturated carbocycles. The third-order valence-corrected chi connectivity index (χ3v) is 5.76. The fourth-order valence-corrected chi connectivity index (χ4v) is 3.85. The molecule has 7 nitrogen and oxygen atoms in total.